The first-order valence-corrected chi connectivity index (χ1v) is 5.07. The van der Waals surface area contributed by atoms with E-state index in [9.17, 15) is 5.21 Å². The zero-order chi connectivity index (χ0) is 10.1. The number of quaternary nitrogens is 1. The highest BCUT2D eigenvalue weighted by Gasteiger charge is 2.34. The molecule has 0 saturated heterocycles. The molecule has 0 bridgehead atoms. The molecule has 14 heavy (non-hydrogen) atoms. The fourth-order valence-electron chi connectivity index (χ4n) is 1.51. The van der Waals surface area contributed by atoms with Crippen molar-refractivity contribution in [2.24, 2.45) is 5.92 Å². The van der Waals surface area contributed by atoms with E-state index in [0.717, 1.165) is 12.8 Å². The fraction of sp³-hybridized carbons (Fsp3) is 0.400. The largest absolute Gasteiger partial charge is 0.595 e. The Bertz CT molecular complexity index is 312. The highest BCUT2D eigenvalue weighted by Crippen LogP contribution is 2.38. The summed E-state index contributed by atoms with van der Waals surface area (Å²) in [6.07, 6.45) is 2.05. The van der Waals surface area contributed by atoms with Crippen molar-refractivity contribution in [3.8, 4) is 0 Å². The predicted molar refractivity (Wildman–Crippen MR) is 53.7 cm³/mol. The summed E-state index contributed by atoms with van der Waals surface area (Å²) >= 11 is 5.89. The van der Waals surface area contributed by atoms with Crippen LogP contribution in [0, 0.1) is 11.1 Å². The number of halogens is 1. The van der Waals surface area contributed by atoms with Crippen molar-refractivity contribution in [3.63, 3.8) is 0 Å². The Hall–Kier alpha value is -0.610. The molecule has 0 amide bonds. The van der Waals surface area contributed by atoms with Crippen LogP contribution in [0.4, 0.5) is 5.69 Å². The number of alkyl halides is 1. The molecule has 3 nitrogen and oxygen atoms in total. The molecule has 1 saturated carbocycles. The quantitative estimate of drug-likeness (QED) is 0.587. The second kappa shape index (κ2) is 3.87. The second-order valence-corrected chi connectivity index (χ2v) is 4.28. The molecular weight excluding hydrogens is 202 g/mol. The topological polar surface area (TPSA) is 47.7 Å². The summed E-state index contributed by atoms with van der Waals surface area (Å²) in [7, 11) is 0. The molecule has 0 radical (unpaired) electrons. The van der Waals surface area contributed by atoms with Crippen molar-refractivity contribution < 1.29 is 10.4 Å². The maximum absolute atomic E-state index is 10.6. The maximum Gasteiger partial charge on any atom is 0.163 e. The van der Waals surface area contributed by atoms with E-state index in [2.05, 4.69) is 0 Å². The Morgan fingerprint density at radius 2 is 2.00 bits per heavy atom. The summed E-state index contributed by atoms with van der Waals surface area (Å²) in [5, 5.41) is 18.7. The van der Waals surface area contributed by atoms with Crippen LogP contribution >= 0.6 is 11.6 Å². The van der Waals surface area contributed by atoms with Crippen LogP contribution in [0.2, 0.25) is 0 Å². The van der Waals surface area contributed by atoms with Gasteiger partial charge in [0, 0.05) is 17.5 Å². The minimum atomic E-state index is -0.877. The first kappa shape index (κ1) is 9.93. The van der Waals surface area contributed by atoms with Gasteiger partial charge in [-0.25, -0.2) is 5.21 Å². The lowest BCUT2D eigenvalue weighted by molar-refractivity contribution is -0.991. The SMILES string of the molecule is [O-][NH+](O)c1ccc(CC2CC2Cl)cc1. The lowest BCUT2D eigenvalue weighted by Crippen LogP contribution is -2.99. The van der Waals surface area contributed by atoms with Crippen LogP contribution in [0.15, 0.2) is 24.3 Å². The van der Waals surface area contributed by atoms with Gasteiger partial charge < -0.3 is 5.21 Å². The average Bonchev–Trinajstić information content (AvgIpc) is 2.82. The minimum absolute atomic E-state index is 0.328. The summed E-state index contributed by atoms with van der Waals surface area (Å²) in [5.74, 6) is 0.590. The summed E-state index contributed by atoms with van der Waals surface area (Å²) in [6.45, 7) is 0. The first-order chi connectivity index (χ1) is 6.66. The molecule has 1 aromatic carbocycles. The maximum atomic E-state index is 10.6. The zero-order valence-corrected chi connectivity index (χ0v) is 8.37. The van der Waals surface area contributed by atoms with Gasteiger partial charge in [0.2, 0.25) is 0 Å². The van der Waals surface area contributed by atoms with Gasteiger partial charge in [0.1, 0.15) is 0 Å². The molecule has 3 unspecified atom stereocenters. The van der Waals surface area contributed by atoms with Crippen LogP contribution in [0.1, 0.15) is 12.0 Å². The monoisotopic (exact) mass is 213 g/mol. The van der Waals surface area contributed by atoms with Crippen molar-refractivity contribution in [1.29, 1.82) is 0 Å². The van der Waals surface area contributed by atoms with Crippen LogP contribution in [0.3, 0.4) is 0 Å². The van der Waals surface area contributed by atoms with E-state index in [0.29, 0.717) is 17.0 Å². The molecule has 2 N–H and O–H groups in total. The van der Waals surface area contributed by atoms with E-state index in [1.165, 1.54) is 5.56 Å². The smallest absolute Gasteiger partial charge is 0.163 e. The highest BCUT2D eigenvalue weighted by molar-refractivity contribution is 6.22. The fourth-order valence-corrected chi connectivity index (χ4v) is 1.83. The Morgan fingerprint density at radius 3 is 2.43 bits per heavy atom. The van der Waals surface area contributed by atoms with Gasteiger partial charge >= 0.3 is 0 Å². The molecule has 1 aromatic rings. The highest BCUT2D eigenvalue weighted by atomic mass is 35.5. The third-order valence-corrected chi connectivity index (χ3v) is 3.07. The van der Waals surface area contributed by atoms with Gasteiger partial charge in [-0.2, -0.15) is 5.23 Å². The number of hydrogen-bond donors (Lipinski definition) is 2. The average molecular weight is 214 g/mol. The van der Waals surface area contributed by atoms with Crippen molar-refractivity contribution >= 4 is 17.3 Å². The van der Waals surface area contributed by atoms with Gasteiger partial charge in [0.25, 0.3) is 0 Å². The summed E-state index contributed by atoms with van der Waals surface area (Å²) in [4.78, 5) is 0. The lowest BCUT2D eigenvalue weighted by atomic mass is 10.1. The van der Waals surface area contributed by atoms with E-state index >= 15 is 0 Å². The van der Waals surface area contributed by atoms with Gasteiger partial charge in [-0.3, -0.25) is 0 Å². The van der Waals surface area contributed by atoms with E-state index in [1.807, 2.05) is 12.1 Å². The van der Waals surface area contributed by atoms with Gasteiger partial charge in [-0.05, 0) is 24.3 Å². The van der Waals surface area contributed by atoms with E-state index in [-0.39, 0.29) is 0 Å². The molecule has 0 spiro atoms. The summed E-state index contributed by atoms with van der Waals surface area (Å²) in [6, 6.07) is 7.02. The Balaban J connectivity index is 1.99. The third kappa shape index (κ3) is 2.25. The van der Waals surface area contributed by atoms with Crippen molar-refractivity contribution in [2.45, 2.75) is 18.2 Å². The molecule has 3 atom stereocenters. The number of hydrogen-bond acceptors (Lipinski definition) is 2. The molecular formula is C10H12ClNO2. The van der Waals surface area contributed by atoms with Crippen LogP contribution in [-0.4, -0.2) is 10.6 Å². The normalized spacial score (nSPS) is 27.4. The van der Waals surface area contributed by atoms with Crippen molar-refractivity contribution in [3.05, 3.63) is 35.0 Å². The molecule has 76 valence electrons. The number of nitrogens with one attached hydrogen (secondary N) is 1. The van der Waals surface area contributed by atoms with Crippen LogP contribution in [-0.2, 0) is 6.42 Å². The molecule has 0 heterocycles. The molecule has 2 rings (SSSR count). The molecule has 4 heteroatoms. The molecule has 1 aliphatic rings. The van der Waals surface area contributed by atoms with Crippen molar-refractivity contribution in [2.75, 3.05) is 0 Å². The van der Waals surface area contributed by atoms with Gasteiger partial charge in [-0.1, -0.05) is 12.1 Å². The van der Waals surface area contributed by atoms with Crippen molar-refractivity contribution in [1.82, 2.24) is 0 Å². The van der Waals surface area contributed by atoms with E-state index in [1.54, 1.807) is 12.1 Å². The minimum Gasteiger partial charge on any atom is -0.595 e. The Kier molecular flexibility index (Phi) is 2.74. The van der Waals surface area contributed by atoms with E-state index in [4.69, 9.17) is 16.8 Å². The molecule has 0 aromatic heterocycles. The molecule has 1 aliphatic carbocycles. The van der Waals surface area contributed by atoms with Crippen LogP contribution in [0.5, 0.6) is 0 Å². The Labute approximate surface area is 87.4 Å². The molecule has 1 fully saturated rings. The zero-order valence-electron chi connectivity index (χ0n) is 7.61. The second-order valence-electron chi connectivity index (χ2n) is 3.72. The number of benzene rings is 1. The predicted octanol–water partition coefficient (Wildman–Crippen LogP) is 1.26. The first-order valence-electron chi connectivity index (χ1n) is 4.63. The van der Waals surface area contributed by atoms with Gasteiger partial charge in [0.05, 0.1) is 0 Å². The number of rotatable bonds is 3. The molecule has 0 aliphatic heterocycles. The Morgan fingerprint density at radius 1 is 1.43 bits per heavy atom. The van der Waals surface area contributed by atoms with E-state index < -0.39 is 5.23 Å². The van der Waals surface area contributed by atoms with Gasteiger partial charge in [0.15, 0.2) is 5.69 Å². The standard InChI is InChI=1S/C10H12ClNO2/c11-10-6-8(10)5-7-1-3-9(4-2-7)12(13)14/h1-4,8,10,12-13H,5-6H2. The van der Waals surface area contributed by atoms with Crippen LogP contribution in [0.25, 0.3) is 0 Å². The summed E-state index contributed by atoms with van der Waals surface area (Å²) in [5.41, 5.74) is 1.51. The summed E-state index contributed by atoms with van der Waals surface area (Å²) < 4.78 is 0. The van der Waals surface area contributed by atoms with Crippen LogP contribution < -0.4 is 5.23 Å². The lowest BCUT2D eigenvalue weighted by Gasteiger charge is -2.11. The van der Waals surface area contributed by atoms with Gasteiger partial charge in [-0.15, -0.1) is 11.6 Å². The third-order valence-electron chi connectivity index (χ3n) is 2.54.